The smallest absolute Gasteiger partial charge is 0.343 e. The van der Waals surface area contributed by atoms with Gasteiger partial charge in [0.25, 0.3) is 0 Å². The molecule has 5 nitrogen and oxygen atoms in total. The summed E-state index contributed by atoms with van der Waals surface area (Å²) in [6.07, 6.45) is 0. The molecule has 0 spiro atoms. The van der Waals surface area contributed by atoms with Gasteiger partial charge in [-0.05, 0) is 30.3 Å². The van der Waals surface area contributed by atoms with Crippen LogP contribution in [-0.4, -0.2) is 22.6 Å². The van der Waals surface area contributed by atoms with Gasteiger partial charge in [0.2, 0.25) is 5.56 Å². The minimum absolute atomic E-state index is 0.169. The van der Waals surface area contributed by atoms with E-state index in [0.717, 1.165) is 0 Å². The number of aromatic amines is 1. The van der Waals surface area contributed by atoms with Crippen molar-refractivity contribution in [3.05, 3.63) is 76.1 Å². The fourth-order valence-corrected chi connectivity index (χ4v) is 2.50. The number of rotatable bonds is 4. The van der Waals surface area contributed by atoms with Gasteiger partial charge >= 0.3 is 5.97 Å². The van der Waals surface area contributed by atoms with Crippen LogP contribution >= 0.6 is 11.6 Å². The highest BCUT2D eigenvalue weighted by molar-refractivity contribution is 6.32. The van der Waals surface area contributed by atoms with Gasteiger partial charge in [0.15, 0.2) is 11.5 Å². The molecule has 3 rings (SSSR count). The number of H-pyrrole nitrogens is 1. The van der Waals surface area contributed by atoms with Crippen molar-refractivity contribution in [1.29, 1.82) is 0 Å². The van der Waals surface area contributed by atoms with Crippen molar-refractivity contribution in [3.8, 4) is 5.75 Å². The van der Waals surface area contributed by atoms with Crippen LogP contribution in [0.3, 0.4) is 0 Å². The number of pyridine rings is 1. The molecule has 3 aromatic rings. The van der Waals surface area contributed by atoms with Crippen LogP contribution < -0.4 is 10.3 Å². The highest BCUT2D eigenvalue weighted by atomic mass is 35.5. The number of alkyl halides is 1. The fraction of sp³-hybridized carbons (Fsp3) is 0.0556. The average Bonchev–Trinajstić information content (AvgIpc) is 2.62. The number of carbonyl (C=O) groups excluding carboxylic acids is 2. The Morgan fingerprint density at radius 3 is 2.46 bits per heavy atom. The summed E-state index contributed by atoms with van der Waals surface area (Å²) in [5.74, 6) is -0.854. The summed E-state index contributed by atoms with van der Waals surface area (Å²) in [4.78, 5) is 38.4. The first-order valence-corrected chi connectivity index (χ1v) is 7.66. The summed E-state index contributed by atoms with van der Waals surface area (Å²) < 4.78 is 5.38. The Morgan fingerprint density at radius 2 is 1.75 bits per heavy atom. The average molecular weight is 342 g/mol. The van der Waals surface area contributed by atoms with Gasteiger partial charge in [-0.15, -0.1) is 11.6 Å². The Bertz CT molecular complexity index is 979. The highest BCUT2D eigenvalue weighted by Crippen LogP contribution is 2.27. The van der Waals surface area contributed by atoms with E-state index in [4.69, 9.17) is 16.3 Å². The van der Waals surface area contributed by atoms with E-state index in [1.165, 1.54) is 24.3 Å². The predicted octanol–water partition coefficient (Wildman–Crippen LogP) is 3.17. The standard InChI is InChI=1S/C18H12ClNO4/c19-10-14(21)12-6-8-15(17-13(12)7-9-16(22)20-17)24-18(23)11-4-2-1-3-5-11/h1-9H,10H2,(H,20,22). The molecule has 0 fully saturated rings. The number of carbonyl (C=O) groups is 2. The Kier molecular flexibility index (Phi) is 4.44. The van der Waals surface area contributed by atoms with Crippen LogP contribution in [0.5, 0.6) is 5.75 Å². The lowest BCUT2D eigenvalue weighted by atomic mass is 10.0. The number of esters is 1. The number of fused-ring (bicyclic) bond motifs is 1. The summed E-state index contributed by atoms with van der Waals surface area (Å²) in [5, 5.41) is 0.471. The van der Waals surface area contributed by atoms with Crippen molar-refractivity contribution < 1.29 is 14.3 Å². The van der Waals surface area contributed by atoms with Crippen LogP contribution in [-0.2, 0) is 0 Å². The number of hydrogen-bond acceptors (Lipinski definition) is 4. The van der Waals surface area contributed by atoms with Gasteiger partial charge < -0.3 is 9.72 Å². The van der Waals surface area contributed by atoms with Gasteiger partial charge in [0.1, 0.15) is 0 Å². The first kappa shape index (κ1) is 16.0. The molecule has 1 N–H and O–H groups in total. The molecule has 2 aromatic carbocycles. The summed E-state index contributed by atoms with van der Waals surface area (Å²) in [6.45, 7) is 0. The maximum absolute atomic E-state index is 12.2. The van der Waals surface area contributed by atoms with Crippen LogP contribution in [0.2, 0.25) is 0 Å². The molecule has 0 radical (unpaired) electrons. The van der Waals surface area contributed by atoms with Gasteiger partial charge in [-0.2, -0.15) is 0 Å². The molecule has 0 aliphatic carbocycles. The number of nitrogens with one attached hydrogen (secondary N) is 1. The molecule has 0 aliphatic heterocycles. The Labute approximate surface area is 141 Å². The van der Waals surface area contributed by atoms with Gasteiger partial charge in [-0.3, -0.25) is 9.59 Å². The van der Waals surface area contributed by atoms with E-state index in [9.17, 15) is 14.4 Å². The van der Waals surface area contributed by atoms with E-state index in [0.29, 0.717) is 16.5 Å². The second kappa shape index (κ2) is 6.68. The van der Waals surface area contributed by atoms with Gasteiger partial charge in [-0.1, -0.05) is 18.2 Å². The minimum atomic E-state index is -0.557. The lowest BCUT2D eigenvalue weighted by Gasteiger charge is -2.10. The zero-order valence-electron chi connectivity index (χ0n) is 12.4. The number of hydrogen-bond donors (Lipinski definition) is 1. The highest BCUT2D eigenvalue weighted by Gasteiger charge is 2.16. The van der Waals surface area contributed by atoms with E-state index >= 15 is 0 Å². The van der Waals surface area contributed by atoms with Gasteiger partial charge in [0, 0.05) is 17.0 Å². The molecule has 24 heavy (non-hydrogen) atoms. The molecule has 6 heteroatoms. The van der Waals surface area contributed by atoms with E-state index in [-0.39, 0.29) is 28.5 Å². The monoisotopic (exact) mass is 341 g/mol. The SMILES string of the molecule is O=C(Oc1ccc(C(=O)CCl)c2ccc(=O)[nH]c12)c1ccccc1. The van der Waals surface area contributed by atoms with E-state index < -0.39 is 5.97 Å². The van der Waals surface area contributed by atoms with Crippen molar-refractivity contribution >= 4 is 34.3 Å². The van der Waals surface area contributed by atoms with Crippen molar-refractivity contribution in [2.75, 3.05) is 5.88 Å². The molecule has 0 atom stereocenters. The molecular formula is C18H12ClNO4. The quantitative estimate of drug-likeness (QED) is 0.342. The minimum Gasteiger partial charge on any atom is -0.421 e. The third kappa shape index (κ3) is 3.07. The van der Waals surface area contributed by atoms with E-state index in [2.05, 4.69) is 4.98 Å². The van der Waals surface area contributed by atoms with E-state index in [1.807, 2.05) is 0 Å². The van der Waals surface area contributed by atoms with Crippen LogP contribution in [0, 0.1) is 0 Å². The number of ketones is 1. The van der Waals surface area contributed by atoms with Gasteiger partial charge in [0.05, 0.1) is 17.0 Å². The maximum Gasteiger partial charge on any atom is 0.343 e. The molecule has 0 amide bonds. The maximum atomic E-state index is 12.2. The van der Waals surface area contributed by atoms with Crippen LogP contribution in [0.1, 0.15) is 20.7 Å². The summed E-state index contributed by atoms with van der Waals surface area (Å²) >= 11 is 5.62. The lowest BCUT2D eigenvalue weighted by molar-refractivity contribution is 0.0736. The van der Waals surface area contributed by atoms with E-state index in [1.54, 1.807) is 30.3 Å². The number of halogens is 1. The summed E-state index contributed by atoms with van der Waals surface area (Å²) in [5.41, 5.74) is 0.651. The fourth-order valence-electron chi connectivity index (χ4n) is 2.36. The molecule has 120 valence electrons. The Hall–Kier alpha value is -2.92. The third-order valence-electron chi connectivity index (χ3n) is 3.49. The zero-order chi connectivity index (χ0) is 17.1. The number of benzene rings is 2. The lowest BCUT2D eigenvalue weighted by Crippen LogP contribution is -2.12. The van der Waals surface area contributed by atoms with Crippen LogP contribution in [0.15, 0.2) is 59.4 Å². The third-order valence-corrected chi connectivity index (χ3v) is 3.73. The molecule has 0 saturated heterocycles. The second-order valence-corrected chi connectivity index (χ2v) is 5.30. The zero-order valence-corrected chi connectivity index (χ0v) is 13.2. The number of Topliss-reactive ketones (excluding diaryl/α,β-unsaturated/α-hetero) is 1. The second-order valence-electron chi connectivity index (χ2n) is 5.03. The van der Waals surface area contributed by atoms with Crippen molar-refractivity contribution in [2.45, 2.75) is 0 Å². The molecular weight excluding hydrogens is 330 g/mol. The topological polar surface area (TPSA) is 76.2 Å². The van der Waals surface area contributed by atoms with Crippen molar-refractivity contribution in [3.63, 3.8) is 0 Å². The Balaban J connectivity index is 2.09. The van der Waals surface area contributed by atoms with Crippen molar-refractivity contribution in [1.82, 2.24) is 4.98 Å². The van der Waals surface area contributed by atoms with Gasteiger partial charge in [-0.25, -0.2) is 4.79 Å². The van der Waals surface area contributed by atoms with Crippen molar-refractivity contribution in [2.24, 2.45) is 0 Å². The number of aromatic nitrogens is 1. The molecule has 0 unspecified atom stereocenters. The molecule has 1 aromatic heterocycles. The predicted molar refractivity (Wildman–Crippen MR) is 91.0 cm³/mol. The van der Waals surface area contributed by atoms with Crippen LogP contribution in [0.4, 0.5) is 0 Å². The number of ether oxygens (including phenoxy) is 1. The molecule has 0 aliphatic rings. The first-order valence-electron chi connectivity index (χ1n) is 7.12. The largest absolute Gasteiger partial charge is 0.421 e. The normalized spacial score (nSPS) is 10.5. The summed E-state index contributed by atoms with van der Waals surface area (Å²) in [6, 6.07) is 14.3. The first-order chi connectivity index (χ1) is 11.6. The molecule has 0 bridgehead atoms. The summed E-state index contributed by atoms with van der Waals surface area (Å²) in [7, 11) is 0. The van der Waals surface area contributed by atoms with Crippen LogP contribution in [0.25, 0.3) is 10.9 Å². The Morgan fingerprint density at radius 1 is 1.00 bits per heavy atom. The molecule has 0 saturated carbocycles. The molecule has 1 heterocycles.